The van der Waals surface area contributed by atoms with E-state index in [9.17, 15) is 4.79 Å². The van der Waals surface area contributed by atoms with Crippen molar-refractivity contribution in [2.75, 3.05) is 6.61 Å². The second kappa shape index (κ2) is 4.79. The van der Waals surface area contributed by atoms with Gasteiger partial charge < -0.3 is 9.72 Å². The van der Waals surface area contributed by atoms with Crippen LogP contribution in [0.3, 0.4) is 0 Å². The van der Waals surface area contributed by atoms with Crippen molar-refractivity contribution in [3.8, 4) is 5.88 Å². The van der Waals surface area contributed by atoms with Crippen molar-refractivity contribution in [2.45, 2.75) is 19.8 Å². The standard InChI is InChI=1S/C12H14N2O2/c1-2-3-8-16-11-5-4-9-12(14-11)10(15)6-7-13-9/h4-7H,2-3,8H2,1H3,(H,13,15). The van der Waals surface area contributed by atoms with E-state index in [0.29, 0.717) is 18.0 Å². The van der Waals surface area contributed by atoms with Crippen molar-refractivity contribution in [3.05, 3.63) is 34.6 Å². The molecule has 0 aliphatic carbocycles. The lowest BCUT2D eigenvalue weighted by Crippen LogP contribution is -2.05. The molecule has 2 aromatic rings. The van der Waals surface area contributed by atoms with Crippen molar-refractivity contribution in [3.63, 3.8) is 0 Å². The highest BCUT2D eigenvalue weighted by atomic mass is 16.5. The predicted octanol–water partition coefficient (Wildman–Crippen LogP) is 2.10. The molecule has 1 N–H and O–H groups in total. The number of pyridine rings is 2. The van der Waals surface area contributed by atoms with Crippen LogP contribution in [-0.2, 0) is 0 Å². The van der Waals surface area contributed by atoms with Gasteiger partial charge in [-0.3, -0.25) is 4.79 Å². The van der Waals surface area contributed by atoms with E-state index in [1.807, 2.05) is 6.07 Å². The second-order valence-corrected chi connectivity index (χ2v) is 3.59. The van der Waals surface area contributed by atoms with Crippen LogP contribution >= 0.6 is 0 Å². The summed E-state index contributed by atoms with van der Waals surface area (Å²) in [6, 6.07) is 5.05. The third-order valence-corrected chi connectivity index (χ3v) is 2.32. The van der Waals surface area contributed by atoms with E-state index >= 15 is 0 Å². The van der Waals surface area contributed by atoms with Gasteiger partial charge in [-0.1, -0.05) is 13.3 Å². The monoisotopic (exact) mass is 218 g/mol. The fourth-order valence-electron chi connectivity index (χ4n) is 1.43. The minimum atomic E-state index is -0.0882. The number of nitrogens with zero attached hydrogens (tertiary/aromatic N) is 1. The molecule has 0 atom stereocenters. The first kappa shape index (κ1) is 10.7. The van der Waals surface area contributed by atoms with E-state index in [1.54, 1.807) is 12.3 Å². The Hall–Kier alpha value is -1.84. The van der Waals surface area contributed by atoms with Gasteiger partial charge in [-0.2, -0.15) is 0 Å². The van der Waals surface area contributed by atoms with Crippen molar-refractivity contribution < 1.29 is 4.74 Å². The van der Waals surface area contributed by atoms with E-state index in [-0.39, 0.29) is 5.43 Å². The summed E-state index contributed by atoms with van der Waals surface area (Å²) in [4.78, 5) is 18.7. The largest absolute Gasteiger partial charge is 0.478 e. The first-order valence-corrected chi connectivity index (χ1v) is 5.42. The molecule has 0 saturated carbocycles. The number of H-pyrrole nitrogens is 1. The second-order valence-electron chi connectivity index (χ2n) is 3.59. The molecule has 0 unspecified atom stereocenters. The Kier molecular flexibility index (Phi) is 3.19. The molecule has 0 fully saturated rings. The first-order chi connectivity index (χ1) is 7.81. The highest BCUT2D eigenvalue weighted by molar-refractivity contribution is 5.73. The summed E-state index contributed by atoms with van der Waals surface area (Å²) in [7, 11) is 0. The summed E-state index contributed by atoms with van der Waals surface area (Å²) in [6.07, 6.45) is 3.68. The molecule has 2 aromatic heterocycles. The lowest BCUT2D eigenvalue weighted by atomic mass is 10.3. The van der Waals surface area contributed by atoms with Crippen LogP contribution in [0.1, 0.15) is 19.8 Å². The Bertz CT molecular complexity index is 534. The molecule has 0 aliphatic rings. The normalized spacial score (nSPS) is 10.6. The van der Waals surface area contributed by atoms with Crippen LogP contribution in [0.5, 0.6) is 5.88 Å². The lowest BCUT2D eigenvalue weighted by Gasteiger charge is -2.04. The van der Waals surface area contributed by atoms with Crippen LogP contribution in [0.2, 0.25) is 0 Å². The van der Waals surface area contributed by atoms with Gasteiger partial charge in [0.15, 0.2) is 0 Å². The molecule has 0 bridgehead atoms. The van der Waals surface area contributed by atoms with E-state index in [0.717, 1.165) is 18.4 Å². The van der Waals surface area contributed by atoms with Crippen LogP contribution in [0.15, 0.2) is 29.2 Å². The third kappa shape index (κ3) is 2.21. The minimum absolute atomic E-state index is 0.0882. The van der Waals surface area contributed by atoms with E-state index in [2.05, 4.69) is 16.9 Å². The molecule has 0 saturated heterocycles. The molecule has 16 heavy (non-hydrogen) atoms. The lowest BCUT2D eigenvalue weighted by molar-refractivity contribution is 0.299. The number of unbranched alkanes of at least 4 members (excludes halogenated alkanes) is 1. The molecule has 84 valence electrons. The molecular formula is C12H14N2O2. The summed E-state index contributed by atoms with van der Waals surface area (Å²) in [5.41, 5.74) is 1.07. The van der Waals surface area contributed by atoms with Crippen molar-refractivity contribution in [1.29, 1.82) is 0 Å². The third-order valence-electron chi connectivity index (χ3n) is 2.32. The van der Waals surface area contributed by atoms with Gasteiger partial charge in [0.1, 0.15) is 5.52 Å². The zero-order valence-corrected chi connectivity index (χ0v) is 9.19. The van der Waals surface area contributed by atoms with E-state index in [1.165, 1.54) is 6.07 Å². The maximum Gasteiger partial charge on any atom is 0.214 e. The number of hydrogen-bond acceptors (Lipinski definition) is 3. The van der Waals surface area contributed by atoms with Gasteiger partial charge in [0.05, 0.1) is 12.1 Å². The number of aromatic amines is 1. The summed E-state index contributed by atoms with van der Waals surface area (Å²) in [5, 5.41) is 0. The van der Waals surface area contributed by atoms with Crippen LogP contribution in [0, 0.1) is 0 Å². The van der Waals surface area contributed by atoms with E-state index in [4.69, 9.17) is 4.74 Å². The Morgan fingerprint density at radius 3 is 3.06 bits per heavy atom. The van der Waals surface area contributed by atoms with Gasteiger partial charge in [0, 0.05) is 18.3 Å². The van der Waals surface area contributed by atoms with E-state index < -0.39 is 0 Å². The van der Waals surface area contributed by atoms with Gasteiger partial charge in [0.25, 0.3) is 0 Å². The maximum atomic E-state index is 11.5. The topological polar surface area (TPSA) is 55.0 Å². The first-order valence-electron chi connectivity index (χ1n) is 5.42. The molecule has 0 amide bonds. The Morgan fingerprint density at radius 2 is 2.25 bits per heavy atom. The van der Waals surface area contributed by atoms with Crippen molar-refractivity contribution in [1.82, 2.24) is 9.97 Å². The van der Waals surface area contributed by atoms with Gasteiger partial charge in [-0.25, -0.2) is 4.98 Å². The fraction of sp³-hybridized carbons (Fsp3) is 0.333. The molecule has 4 heteroatoms. The quantitative estimate of drug-likeness (QED) is 0.799. The van der Waals surface area contributed by atoms with Crippen molar-refractivity contribution in [2.24, 2.45) is 0 Å². The molecule has 0 spiro atoms. The highest BCUT2D eigenvalue weighted by Crippen LogP contribution is 2.11. The molecule has 0 aliphatic heterocycles. The van der Waals surface area contributed by atoms with Crippen LogP contribution in [0.4, 0.5) is 0 Å². The van der Waals surface area contributed by atoms with Gasteiger partial charge in [0.2, 0.25) is 11.3 Å². The van der Waals surface area contributed by atoms with Gasteiger partial charge >= 0.3 is 0 Å². The van der Waals surface area contributed by atoms with Gasteiger partial charge in [-0.15, -0.1) is 0 Å². The minimum Gasteiger partial charge on any atom is -0.478 e. The SMILES string of the molecule is CCCCOc1ccc2[nH]ccc(=O)c2n1. The molecule has 2 rings (SSSR count). The maximum absolute atomic E-state index is 11.5. The molecule has 0 aromatic carbocycles. The summed E-state index contributed by atoms with van der Waals surface area (Å²) < 4.78 is 5.45. The number of ether oxygens (including phenoxy) is 1. The fourth-order valence-corrected chi connectivity index (χ4v) is 1.43. The van der Waals surface area contributed by atoms with Gasteiger partial charge in [-0.05, 0) is 12.5 Å². The predicted molar refractivity (Wildman–Crippen MR) is 62.8 cm³/mol. The Morgan fingerprint density at radius 1 is 1.38 bits per heavy atom. The number of hydrogen-bond donors (Lipinski definition) is 1. The molecular weight excluding hydrogens is 204 g/mol. The highest BCUT2D eigenvalue weighted by Gasteiger charge is 2.01. The average molecular weight is 218 g/mol. The summed E-state index contributed by atoms with van der Waals surface area (Å²) in [6.45, 7) is 2.74. The number of fused-ring (bicyclic) bond motifs is 1. The van der Waals surface area contributed by atoms with Crippen LogP contribution in [0.25, 0.3) is 11.0 Å². The molecule has 4 nitrogen and oxygen atoms in total. The number of rotatable bonds is 4. The van der Waals surface area contributed by atoms with Crippen LogP contribution in [-0.4, -0.2) is 16.6 Å². The summed E-state index contributed by atoms with van der Waals surface area (Å²) >= 11 is 0. The number of nitrogens with one attached hydrogen (secondary N) is 1. The number of aromatic nitrogens is 2. The van der Waals surface area contributed by atoms with Crippen LogP contribution < -0.4 is 10.2 Å². The summed E-state index contributed by atoms with van der Waals surface area (Å²) in [5.74, 6) is 0.512. The zero-order valence-electron chi connectivity index (χ0n) is 9.19. The zero-order chi connectivity index (χ0) is 11.4. The molecule has 2 heterocycles. The smallest absolute Gasteiger partial charge is 0.214 e. The average Bonchev–Trinajstić information content (AvgIpc) is 2.30. The molecule has 0 radical (unpaired) electrons. The Labute approximate surface area is 93.3 Å². The Balaban J connectivity index is 2.29. The van der Waals surface area contributed by atoms with Crippen molar-refractivity contribution >= 4 is 11.0 Å².